The summed E-state index contributed by atoms with van der Waals surface area (Å²) in [7, 11) is 2.87. The van der Waals surface area contributed by atoms with Crippen LogP contribution < -0.4 is 16.6 Å². The Kier molecular flexibility index (Phi) is 5.86. The monoisotopic (exact) mass is 299 g/mol. The fourth-order valence-corrected chi connectivity index (χ4v) is 1.65. The number of hydrogen-bond acceptors (Lipinski definition) is 5. The van der Waals surface area contributed by atoms with Gasteiger partial charge in [-0.05, 0) is 6.92 Å². The minimum Gasteiger partial charge on any atom is -0.388 e. The van der Waals surface area contributed by atoms with Crippen molar-refractivity contribution in [3.8, 4) is 0 Å². The molecule has 0 aliphatic rings. The largest absolute Gasteiger partial charge is 0.388 e. The molecule has 0 bridgehead atoms. The average Bonchev–Trinajstić information content (AvgIpc) is 2.44. The first kappa shape index (κ1) is 17.1. The Bertz CT molecular complexity index is 603. The van der Waals surface area contributed by atoms with Crippen molar-refractivity contribution in [2.75, 3.05) is 20.3 Å². The summed E-state index contributed by atoms with van der Waals surface area (Å²) in [5.74, 6) is -0.423. The molecule has 0 radical (unpaired) electrons. The van der Waals surface area contributed by atoms with Crippen molar-refractivity contribution in [1.29, 1.82) is 0 Å². The molecule has 8 nitrogen and oxygen atoms in total. The molecule has 0 aliphatic heterocycles. The van der Waals surface area contributed by atoms with Crippen molar-refractivity contribution in [3.63, 3.8) is 0 Å². The topological polar surface area (TPSA) is 103 Å². The SMILES string of the molecule is COCCC(C)(O)CNC(=O)Cn1ccc(=O)n(C)c1=O. The van der Waals surface area contributed by atoms with Gasteiger partial charge in [0.05, 0.1) is 5.60 Å². The first-order valence-corrected chi connectivity index (χ1v) is 6.51. The van der Waals surface area contributed by atoms with Crippen LogP contribution in [0.25, 0.3) is 0 Å². The smallest absolute Gasteiger partial charge is 0.331 e. The van der Waals surface area contributed by atoms with Gasteiger partial charge in [-0.1, -0.05) is 0 Å². The van der Waals surface area contributed by atoms with Gasteiger partial charge in [0, 0.05) is 46.0 Å². The molecule has 0 saturated heterocycles. The molecule has 0 aromatic carbocycles. The number of nitrogens with one attached hydrogen (secondary N) is 1. The zero-order valence-electron chi connectivity index (χ0n) is 12.5. The van der Waals surface area contributed by atoms with E-state index in [-0.39, 0.29) is 13.1 Å². The lowest BCUT2D eigenvalue weighted by atomic mass is 10.0. The highest BCUT2D eigenvalue weighted by molar-refractivity contribution is 5.75. The Hall–Kier alpha value is -1.93. The zero-order chi connectivity index (χ0) is 16.0. The number of carbonyl (C=O) groups excluding carboxylic acids is 1. The molecule has 0 spiro atoms. The van der Waals surface area contributed by atoms with Crippen molar-refractivity contribution in [1.82, 2.24) is 14.5 Å². The van der Waals surface area contributed by atoms with E-state index in [2.05, 4.69) is 5.32 Å². The maximum atomic E-state index is 11.8. The molecular weight excluding hydrogens is 278 g/mol. The van der Waals surface area contributed by atoms with Gasteiger partial charge in [-0.15, -0.1) is 0 Å². The van der Waals surface area contributed by atoms with Crippen molar-refractivity contribution >= 4 is 5.91 Å². The third-order valence-electron chi connectivity index (χ3n) is 3.09. The number of methoxy groups -OCH3 is 1. The van der Waals surface area contributed by atoms with Gasteiger partial charge in [0.25, 0.3) is 5.56 Å². The number of aromatic nitrogens is 2. The number of rotatable bonds is 7. The van der Waals surface area contributed by atoms with Gasteiger partial charge in [-0.2, -0.15) is 0 Å². The van der Waals surface area contributed by atoms with Crippen molar-refractivity contribution in [3.05, 3.63) is 33.1 Å². The van der Waals surface area contributed by atoms with Gasteiger partial charge in [0.15, 0.2) is 0 Å². The van der Waals surface area contributed by atoms with Gasteiger partial charge in [-0.25, -0.2) is 4.79 Å². The summed E-state index contributed by atoms with van der Waals surface area (Å²) in [6.45, 7) is 1.80. The maximum absolute atomic E-state index is 11.8. The molecule has 1 heterocycles. The molecule has 1 aromatic rings. The summed E-state index contributed by atoms with van der Waals surface area (Å²) in [5, 5.41) is 12.5. The molecule has 1 aromatic heterocycles. The quantitative estimate of drug-likeness (QED) is 0.634. The fraction of sp³-hybridized carbons (Fsp3) is 0.615. The molecule has 2 N–H and O–H groups in total. The second-order valence-electron chi connectivity index (χ2n) is 5.14. The molecule has 1 unspecified atom stereocenters. The predicted molar refractivity (Wildman–Crippen MR) is 76.1 cm³/mol. The lowest BCUT2D eigenvalue weighted by Gasteiger charge is -2.23. The van der Waals surface area contributed by atoms with E-state index in [4.69, 9.17) is 4.74 Å². The van der Waals surface area contributed by atoms with Gasteiger partial charge >= 0.3 is 5.69 Å². The van der Waals surface area contributed by atoms with Crippen LogP contribution in [-0.4, -0.2) is 46.0 Å². The van der Waals surface area contributed by atoms with E-state index in [1.807, 2.05) is 0 Å². The Labute approximate surface area is 122 Å². The molecule has 1 amide bonds. The van der Waals surface area contributed by atoms with Gasteiger partial charge < -0.3 is 15.2 Å². The first-order chi connectivity index (χ1) is 9.76. The van der Waals surface area contributed by atoms with Crippen LogP contribution in [0.5, 0.6) is 0 Å². The molecule has 0 aliphatic carbocycles. The van der Waals surface area contributed by atoms with Crippen LogP contribution in [0.4, 0.5) is 0 Å². The summed E-state index contributed by atoms with van der Waals surface area (Å²) in [6, 6.07) is 1.21. The molecule has 8 heteroatoms. The number of carbonyl (C=O) groups is 1. The maximum Gasteiger partial charge on any atom is 0.331 e. The van der Waals surface area contributed by atoms with Crippen molar-refractivity contribution < 1.29 is 14.6 Å². The van der Waals surface area contributed by atoms with Crippen molar-refractivity contribution in [2.45, 2.75) is 25.5 Å². The average molecular weight is 299 g/mol. The Morgan fingerprint density at radius 2 is 2.14 bits per heavy atom. The van der Waals surface area contributed by atoms with E-state index in [0.29, 0.717) is 13.0 Å². The van der Waals surface area contributed by atoms with Crippen molar-refractivity contribution in [2.24, 2.45) is 7.05 Å². The Balaban J connectivity index is 2.61. The predicted octanol–water partition coefficient (Wildman–Crippen LogP) is -1.55. The Morgan fingerprint density at radius 3 is 2.76 bits per heavy atom. The third kappa shape index (κ3) is 5.16. The van der Waals surface area contributed by atoms with E-state index in [9.17, 15) is 19.5 Å². The van der Waals surface area contributed by atoms with Crippen LogP contribution >= 0.6 is 0 Å². The summed E-state index contributed by atoms with van der Waals surface area (Å²) >= 11 is 0. The van der Waals surface area contributed by atoms with Gasteiger partial charge in [-0.3, -0.25) is 18.7 Å². The molecular formula is C13H21N3O5. The van der Waals surface area contributed by atoms with E-state index < -0.39 is 22.8 Å². The van der Waals surface area contributed by atoms with Crippen LogP contribution in [-0.2, 0) is 23.1 Å². The standard InChI is InChI=1S/C13H21N3O5/c1-13(20,5-7-21-3)9-14-10(17)8-16-6-4-11(18)15(2)12(16)19/h4,6,20H,5,7-9H2,1-3H3,(H,14,17). The van der Waals surface area contributed by atoms with Crippen LogP contribution in [0.1, 0.15) is 13.3 Å². The number of hydrogen-bond donors (Lipinski definition) is 2. The van der Waals surface area contributed by atoms with E-state index in [1.165, 1.54) is 26.4 Å². The summed E-state index contributed by atoms with van der Waals surface area (Å²) in [6.07, 6.45) is 1.65. The second kappa shape index (κ2) is 7.19. The normalized spacial score (nSPS) is 13.7. The first-order valence-electron chi connectivity index (χ1n) is 6.51. The molecule has 0 saturated carbocycles. The van der Waals surface area contributed by atoms with E-state index >= 15 is 0 Å². The third-order valence-corrected chi connectivity index (χ3v) is 3.09. The zero-order valence-corrected chi connectivity index (χ0v) is 12.5. The Morgan fingerprint density at radius 1 is 1.48 bits per heavy atom. The number of aliphatic hydroxyl groups is 1. The van der Waals surface area contributed by atoms with E-state index in [1.54, 1.807) is 6.92 Å². The number of nitrogens with zero attached hydrogens (tertiary/aromatic N) is 2. The molecule has 21 heavy (non-hydrogen) atoms. The summed E-state index contributed by atoms with van der Waals surface area (Å²) < 4.78 is 6.91. The lowest BCUT2D eigenvalue weighted by Crippen LogP contribution is -2.44. The minimum atomic E-state index is -1.08. The number of amides is 1. The summed E-state index contributed by atoms with van der Waals surface area (Å²) in [4.78, 5) is 34.8. The highest BCUT2D eigenvalue weighted by Crippen LogP contribution is 2.07. The lowest BCUT2D eigenvalue weighted by molar-refractivity contribution is -0.123. The van der Waals surface area contributed by atoms with Crippen LogP contribution in [0.15, 0.2) is 21.9 Å². The van der Waals surface area contributed by atoms with Crippen LogP contribution in [0, 0.1) is 0 Å². The molecule has 0 fully saturated rings. The van der Waals surface area contributed by atoms with Gasteiger partial charge in [0.1, 0.15) is 6.54 Å². The van der Waals surface area contributed by atoms with Crippen LogP contribution in [0.3, 0.4) is 0 Å². The molecule has 118 valence electrons. The van der Waals surface area contributed by atoms with E-state index in [0.717, 1.165) is 9.13 Å². The fourth-order valence-electron chi connectivity index (χ4n) is 1.65. The molecule has 1 atom stereocenters. The summed E-state index contributed by atoms with van der Waals surface area (Å²) in [5.41, 5.74) is -2.08. The second-order valence-corrected chi connectivity index (χ2v) is 5.14. The van der Waals surface area contributed by atoms with Gasteiger partial charge in [0.2, 0.25) is 5.91 Å². The molecule has 1 rings (SSSR count). The minimum absolute atomic E-state index is 0.0513. The number of ether oxygens (including phenoxy) is 1. The highest BCUT2D eigenvalue weighted by Gasteiger charge is 2.21. The highest BCUT2D eigenvalue weighted by atomic mass is 16.5. The van der Waals surface area contributed by atoms with Crippen LogP contribution in [0.2, 0.25) is 0 Å².